The van der Waals surface area contributed by atoms with Crippen LogP contribution in [-0.2, 0) is 14.8 Å². The SMILES string of the molecule is C=C[C@@H]1C[C@@]1(C(=O)NS(=O)(=O)c1ccccc1O)C(C)(C)C. The van der Waals surface area contributed by atoms with E-state index in [-0.39, 0.29) is 16.6 Å². The molecule has 1 saturated carbocycles. The van der Waals surface area contributed by atoms with Crippen LogP contribution in [0.4, 0.5) is 0 Å². The number of hydrogen-bond donors (Lipinski definition) is 2. The van der Waals surface area contributed by atoms with Crippen LogP contribution in [0, 0.1) is 16.7 Å². The number of hydrogen-bond acceptors (Lipinski definition) is 4. The molecule has 2 atom stereocenters. The maximum atomic E-state index is 12.6. The van der Waals surface area contributed by atoms with Crippen LogP contribution in [-0.4, -0.2) is 19.4 Å². The normalized spacial score (nSPS) is 24.6. The Hall–Kier alpha value is -1.82. The fourth-order valence-corrected chi connectivity index (χ4v) is 4.13. The molecule has 5 nitrogen and oxygen atoms in total. The van der Waals surface area contributed by atoms with Gasteiger partial charge in [-0.2, -0.15) is 0 Å². The Labute approximate surface area is 131 Å². The number of rotatable bonds is 4. The van der Waals surface area contributed by atoms with Crippen molar-refractivity contribution >= 4 is 15.9 Å². The van der Waals surface area contributed by atoms with Gasteiger partial charge in [0.05, 0.1) is 5.41 Å². The molecule has 0 aliphatic heterocycles. The van der Waals surface area contributed by atoms with E-state index in [9.17, 15) is 18.3 Å². The molecule has 22 heavy (non-hydrogen) atoms. The minimum Gasteiger partial charge on any atom is -0.507 e. The predicted octanol–water partition coefficient (Wildman–Crippen LogP) is 2.44. The van der Waals surface area contributed by atoms with Gasteiger partial charge in [0.2, 0.25) is 5.91 Å². The molecule has 1 fully saturated rings. The summed E-state index contributed by atoms with van der Waals surface area (Å²) in [5.74, 6) is -0.983. The number of amides is 1. The Morgan fingerprint density at radius 3 is 2.45 bits per heavy atom. The van der Waals surface area contributed by atoms with Crippen LogP contribution in [0.2, 0.25) is 0 Å². The number of para-hydroxylation sites is 1. The van der Waals surface area contributed by atoms with Gasteiger partial charge in [-0.05, 0) is 29.9 Å². The summed E-state index contributed by atoms with van der Waals surface area (Å²) >= 11 is 0. The van der Waals surface area contributed by atoms with Crippen LogP contribution in [0.25, 0.3) is 0 Å². The topological polar surface area (TPSA) is 83.5 Å². The van der Waals surface area contributed by atoms with E-state index in [2.05, 4.69) is 11.3 Å². The van der Waals surface area contributed by atoms with Crippen LogP contribution in [0.1, 0.15) is 27.2 Å². The lowest BCUT2D eigenvalue weighted by molar-refractivity contribution is -0.128. The van der Waals surface area contributed by atoms with E-state index in [0.29, 0.717) is 6.42 Å². The van der Waals surface area contributed by atoms with Gasteiger partial charge in [0.1, 0.15) is 10.6 Å². The number of phenols is 1. The zero-order valence-electron chi connectivity index (χ0n) is 13.0. The Bertz CT molecular complexity index is 718. The van der Waals surface area contributed by atoms with Gasteiger partial charge in [0.25, 0.3) is 10.0 Å². The number of allylic oxidation sites excluding steroid dienone is 1. The first kappa shape index (κ1) is 16.5. The summed E-state index contributed by atoms with van der Waals surface area (Å²) in [4.78, 5) is 12.3. The van der Waals surface area contributed by atoms with Gasteiger partial charge in [-0.3, -0.25) is 4.79 Å². The molecule has 0 saturated heterocycles. The fraction of sp³-hybridized carbons (Fsp3) is 0.438. The van der Waals surface area contributed by atoms with Crippen LogP contribution < -0.4 is 4.72 Å². The summed E-state index contributed by atoms with van der Waals surface area (Å²) < 4.78 is 26.8. The van der Waals surface area contributed by atoms with Gasteiger partial charge in [-0.25, -0.2) is 13.1 Å². The smallest absolute Gasteiger partial charge is 0.267 e. The largest absolute Gasteiger partial charge is 0.507 e. The maximum Gasteiger partial charge on any atom is 0.267 e. The molecular weight excluding hydrogens is 302 g/mol. The third-order valence-corrected chi connectivity index (χ3v) is 5.80. The van der Waals surface area contributed by atoms with Crippen molar-refractivity contribution < 1.29 is 18.3 Å². The van der Waals surface area contributed by atoms with Crippen molar-refractivity contribution in [1.82, 2.24) is 4.72 Å². The third-order valence-electron chi connectivity index (χ3n) is 4.42. The zero-order valence-corrected chi connectivity index (χ0v) is 13.8. The molecule has 6 heteroatoms. The predicted molar refractivity (Wildman–Crippen MR) is 83.6 cm³/mol. The van der Waals surface area contributed by atoms with E-state index in [1.165, 1.54) is 24.3 Å². The molecule has 1 aromatic rings. The first-order valence-electron chi connectivity index (χ1n) is 7.04. The average Bonchev–Trinajstić information content (AvgIpc) is 3.14. The number of carbonyl (C=O) groups is 1. The molecule has 1 amide bonds. The van der Waals surface area contributed by atoms with Crippen molar-refractivity contribution in [3.63, 3.8) is 0 Å². The van der Waals surface area contributed by atoms with Gasteiger partial charge in [0.15, 0.2) is 0 Å². The van der Waals surface area contributed by atoms with E-state index >= 15 is 0 Å². The highest BCUT2D eigenvalue weighted by molar-refractivity contribution is 7.90. The first-order valence-corrected chi connectivity index (χ1v) is 8.52. The quantitative estimate of drug-likeness (QED) is 0.834. The second-order valence-corrected chi connectivity index (χ2v) is 8.32. The first-order chi connectivity index (χ1) is 10.1. The van der Waals surface area contributed by atoms with E-state index in [1.807, 2.05) is 20.8 Å². The second kappa shape index (κ2) is 5.12. The molecular formula is C16H21NO4S. The Kier molecular flexibility index (Phi) is 3.85. The molecule has 0 heterocycles. The Balaban J connectivity index is 2.33. The lowest BCUT2D eigenvalue weighted by Crippen LogP contribution is -2.43. The monoisotopic (exact) mass is 323 g/mol. The van der Waals surface area contributed by atoms with Crippen LogP contribution in [0.15, 0.2) is 41.8 Å². The number of carbonyl (C=O) groups excluding carboxylic acids is 1. The summed E-state index contributed by atoms with van der Waals surface area (Å²) in [6, 6.07) is 5.53. The lowest BCUT2D eigenvalue weighted by atomic mass is 9.75. The average molecular weight is 323 g/mol. The summed E-state index contributed by atoms with van der Waals surface area (Å²) in [5, 5.41) is 9.69. The minimum atomic E-state index is -4.11. The van der Waals surface area contributed by atoms with Crippen LogP contribution >= 0.6 is 0 Å². The van der Waals surface area contributed by atoms with Crippen LogP contribution in [0.5, 0.6) is 5.75 Å². The summed E-state index contributed by atoms with van der Waals surface area (Å²) in [7, 11) is -4.11. The van der Waals surface area contributed by atoms with E-state index in [1.54, 1.807) is 6.08 Å². The highest BCUT2D eigenvalue weighted by Gasteiger charge is 2.65. The molecule has 0 bridgehead atoms. The van der Waals surface area contributed by atoms with Gasteiger partial charge in [-0.15, -0.1) is 6.58 Å². The van der Waals surface area contributed by atoms with Gasteiger partial charge < -0.3 is 5.11 Å². The van der Waals surface area contributed by atoms with Gasteiger partial charge >= 0.3 is 0 Å². The van der Waals surface area contributed by atoms with E-state index in [4.69, 9.17) is 0 Å². The summed E-state index contributed by atoms with van der Waals surface area (Å²) in [6.45, 7) is 9.43. The molecule has 0 aromatic heterocycles. The summed E-state index contributed by atoms with van der Waals surface area (Å²) in [5.41, 5.74) is -1.18. The number of sulfonamides is 1. The van der Waals surface area contributed by atoms with E-state index < -0.39 is 26.8 Å². The standard InChI is InChI=1S/C16H21NO4S/c1-5-11-10-16(11,15(2,3)4)14(19)17-22(20,21)13-9-7-6-8-12(13)18/h5-9,11,18H,1,10H2,2-4H3,(H,17,19)/t11-,16-/m1/s1. The third kappa shape index (κ3) is 2.52. The summed E-state index contributed by atoms with van der Waals surface area (Å²) in [6.07, 6.45) is 2.26. The van der Waals surface area contributed by atoms with Crippen molar-refractivity contribution in [2.45, 2.75) is 32.1 Å². The molecule has 1 aliphatic carbocycles. The Morgan fingerprint density at radius 1 is 1.41 bits per heavy atom. The van der Waals surface area contributed by atoms with Gasteiger partial charge in [-0.1, -0.05) is 39.0 Å². The highest BCUT2D eigenvalue weighted by atomic mass is 32.2. The van der Waals surface area contributed by atoms with Crippen molar-refractivity contribution in [1.29, 1.82) is 0 Å². The molecule has 0 radical (unpaired) electrons. The molecule has 0 unspecified atom stereocenters. The molecule has 120 valence electrons. The van der Waals surface area contributed by atoms with Crippen molar-refractivity contribution in [2.75, 3.05) is 0 Å². The number of phenolic OH excluding ortho intramolecular Hbond substituents is 1. The van der Waals surface area contributed by atoms with Crippen LogP contribution in [0.3, 0.4) is 0 Å². The number of nitrogens with one attached hydrogen (secondary N) is 1. The zero-order chi connectivity index (χ0) is 16.8. The van der Waals surface area contributed by atoms with Crippen molar-refractivity contribution in [3.8, 4) is 5.75 Å². The molecule has 2 rings (SSSR count). The number of benzene rings is 1. The maximum absolute atomic E-state index is 12.6. The molecule has 0 spiro atoms. The molecule has 1 aromatic carbocycles. The highest BCUT2D eigenvalue weighted by Crippen LogP contribution is 2.64. The second-order valence-electron chi connectivity index (χ2n) is 6.67. The molecule has 1 aliphatic rings. The van der Waals surface area contributed by atoms with E-state index in [0.717, 1.165) is 0 Å². The molecule has 2 N–H and O–H groups in total. The lowest BCUT2D eigenvalue weighted by Gasteiger charge is -2.30. The fourth-order valence-electron chi connectivity index (χ4n) is 2.99. The Morgan fingerprint density at radius 2 is 2.00 bits per heavy atom. The van der Waals surface area contributed by atoms with Gasteiger partial charge in [0, 0.05) is 0 Å². The number of aromatic hydroxyl groups is 1. The minimum absolute atomic E-state index is 0.0490. The van der Waals surface area contributed by atoms with Crippen molar-refractivity contribution in [3.05, 3.63) is 36.9 Å². The van der Waals surface area contributed by atoms with Crippen molar-refractivity contribution in [2.24, 2.45) is 16.7 Å².